The first-order valence-corrected chi connectivity index (χ1v) is 8.41. The number of nitrogens with one attached hydrogen (secondary N) is 1. The summed E-state index contributed by atoms with van der Waals surface area (Å²) in [6, 6.07) is 3.14. The SMILES string of the molecule is O=C(COC(=O)CN1C(=O)[C@@H]2CC=CC[C@H]2C1=O)Nc1cccnc1Cl. The van der Waals surface area contributed by atoms with E-state index in [2.05, 4.69) is 10.3 Å². The monoisotopic (exact) mass is 377 g/mol. The van der Waals surface area contributed by atoms with Crippen LogP contribution in [0, 0.1) is 11.8 Å². The Labute approximate surface area is 154 Å². The quantitative estimate of drug-likeness (QED) is 0.357. The number of rotatable bonds is 5. The number of anilines is 1. The molecule has 0 spiro atoms. The summed E-state index contributed by atoms with van der Waals surface area (Å²) in [7, 11) is 0. The van der Waals surface area contributed by atoms with Gasteiger partial charge < -0.3 is 10.1 Å². The van der Waals surface area contributed by atoms with E-state index in [9.17, 15) is 19.2 Å². The number of halogens is 1. The first-order chi connectivity index (χ1) is 12.5. The smallest absolute Gasteiger partial charge is 0.326 e. The molecule has 1 aliphatic heterocycles. The van der Waals surface area contributed by atoms with Gasteiger partial charge in [-0.05, 0) is 25.0 Å². The lowest BCUT2D eigenvalue weighted by Crippen LogP contribution is -2.37. The topological polar surface area (TPSA) is 106 Å². The fraction of sp³-hybridized carbons (Fsp3) is 0.353. The van der Waals surface area contributed by atoms with Crippen LogP contribution in [-0.2, 0) is 23.9 Å². The number of carbonyl (C=O) groups is 4. The number of ether oxygens (including phenoxy) is 1. The first-order valence-electron chi connectivity index (χ1n) is 8.03. The van der Waals surface area contributed by atoms with Crippen LogP contribution in [0.1, 0.15) is 12.8 Å². The third-order valence-corrected chi connectivity index (χ3v) is 4.58. The predicted molar refractivity (Wildman–Crippen MR) is 90.9 cm³/mol. The van der Waals surface area contributed by atoms with E-state index in [-0.39, 0.29) is 22.7 Å². The Hall–Kier alpha value is -2.74. The molecule has 2 aliphatic rings. The van der Waals surface area contributed by atoms with Gasteiger partial charge in [0, 0.05) is 6.20 Å². The van der Waals surface area contributed by atoms with E-state index in [0.29, 0.717) is 12.8 Å². The maximum atomic E-state index is 12.3. The number of aromatic nitrogens is 1. The second-order valence-electron chi connectivity index (χ2n) is 5.97. The molecule has 1 saturated heterocycles. The van der Waals surface area contributed by atoms with E-state index in [1.807, 2.05) is 12.2 Å². The van der Waals surface area contributed by atoms with Gasteiger partial charge in [0.25, 0.3) is 5.91 Å². The Kier molecular flexibility index (Phi) is 5.32. The largest absolute Gasteiger partial charge is 0.454 e. The van der Waals surface area contributed by atoms with Crippen LogP contribution in [0.2, 0.25) is 5.15 Å². The number of esters is 1. The number of nitrogens with zero attached hydrogens (tertiary/aromatic N) is 2. The Morgan fingerprint density at radius 3 is 2.50 bits per heavy atom. The predicted octanol–water partition coefficient (Wildman–Crippen LogP) is 1.17. The normalized spacial score (nSPS) is 21.5. The van der Waals surface area contributed by atoms with Gasteiger partial charge >= 0.3 is 5.97 Å². The fourth-order valence-corrected chi connectivity index (χ4v) is 3.18. The van der Waals surface area contributed by atoms with Crippen molar-refractivity contribution in [3.63, 3.8) is 0 Å². The van der Waals surface area contributed by atoms with Gasteiger partial charge in [0.05, 0.1) is 17.5 Å². The van der Waals surface area contributed by atoms with Gasteiger partial charge in [-0.25, -0.2) is 4.98 Å². The fourth-order valence-electron chi connectivity index (χ4n) is 3.01. The number of fused-ring (bicyclic) bond motifs is 1. The maximum absolute atomic E-state index is 12.3. The molecule has 1 aromatic rings. The molecule has 3 rings (SSSR count). The van der Waals surface area contributed by atoms with Gasteiger partial charge in [-0.2, -0.15) is 0 Å². The molecule has 3 amide bonds. The van der Waals surface area contributed by atoms with Crippen LogP contribution in [0.5, 0.6) is 0 Å². The van der Waals surface area contributed by atoms with Gasteiger partial charge in [0.2, 0.25) is 11.8 Å². The molecule has 1 N–H and O–H groups in total. The molecule has 0 unspecified atom stereocenters. The van der Waals surface area contributed by atoms with Gasteiger partial charge in [-0.15, -0.1) is 0 Å². The van der Waals surface area contributed by atoms with Crippen molar-refractivity contribution < 1.29 is 23.9 Å². The zero-order chi connectivity index (χ0) is 18.7. The van der Waals surface area contributed by atoms with Crippen molar-refractivity contribution in [1.82, 2.24) is 9.88 Å². The van der Waals surface area contributed by atoms with Crippen LogP contribution in [0.4, 0.5) is 5.69 Å². The van der Waals surface area contributed by atoms with Gasteiger partial charge in [0.15, 0.2) is 11.8 Å². The lowest BCUT2D eigenvalue weighted by molar-refractivity contribution is -0.154. The minimum absolute atomic E-state index is 0.108. The number of likely N-dealkylation sites (tertiary alicyclic amines) is 1. The molecule has 136 valence electrons. The number of amides is 3. The highest BCUT2D eigenvalue weighted by molar-refractivity contribution is 6.32. The third kappa shape index (κ3) is 3.75. The summed E-state index contributed by atoms with van der Waals surface area (Å²) in [5.41, 5.74) is 0.289. The summed E-state index contributed by atoms with van der Waals surface area (Å²) in [6.45, 7) is -1.06. The molecule has 0 aromatic carbocycles. The van der Waals surface area contributed by atoms with Crippen LogP contribution in [-0.4, -0.2) is 46.7 Å². The molecule has 1 aliphatic carbocycles. The summed E-state index contributed by atoms with van der Waals surface area (Å²) in [6.07, 6.45) is 6.18. The molecule has 2 atom stereocenters. The number of imide groups is 1. The molecular formula is C17H16ClN3O5. The molecular weight excluding hydrogens is 362 g/mol. The second kappa shape index (κ2) is 7.65. The lowest BCUT2D eigenvalue weighted by Gasteiger charge is -2.14. The number of allylic oxidation sites excluding steroid dienone is 2. The van der Waals surface area contributed by atoms with Crippen molar-refractivity contribution in [1.29, 1.82) is 0 Å². The average molecular weight is 378 g/mol. The zero-order valence-corrected chi connectivity index (χ0v) is 14.4. The van der Waals surface area contributed by atoms with Gasteiger partial charge in [0.1, 0.15) is 6.54 Å². The van der Waals surface area contributed by atoms with Crippen molar-refractivity contribution >= 4 is 41.0 Å². The Bertz CT molecular complexity index is 768. The average Bonchev–Trinajstić information content (AvgIpc) is 2.87. The second-order valence-corrected chi connectivity index (χ2v) is 6.33. The van der Waals surface area contributed by atoms with Crippen LogP contribution < -0.4 is 5.32 Å². The highest BCUT2D eigenvalue weighted by Crippen LogP contribution is 2.34. The van der Waals surface area contributed by atoms with Crippen molar-refractivity contribution in [2.75, 3.05) is 18.5 Å². The van der Waals surface area contributed by atoms with Gasteiger partial charge in [-0.1, -0.05) is 23.8 Å². The van der Waals surface area contributed by atoms with Crippen molar-refractivity contribution in [2.45, 2.75) is 12.8 Å². The highest BCUT2D eigenvalue weighted by atomic mass is 35.5. The molecule has 2 heterocycles. The van der Waals surface area contributed by atoms with Crippen molar-refractivity contribution in [3.05, 3.63) is 35.6 Å². The van der Waals surface area contributed by atoms with Crippen molar-refractivity contribution in [3.8, 4) is 0 Å². The zero-order valence-electron chi connectivity index (χ0n) is 13.7. The van der Waals surface area contributed by atoms with Crippen molar-refractivity contribution in [2.24, 2.45) is 11.8 Å². The third-order valence-electron chi connectivity index (χ3n) is 4.28. The summed E-state index contributed by atoms with van der Waals surface area (Å²) in [5, 5.41) is 2.56. The van der Waals surface area contributed by atoms with E-state index in [1.165, 1.54) is 6.20 Å². The first kappa shape index (κ1) is 18.1. The number of hydrogen-bond acceptors (Lipinski definition) is 6. The summed E-state index contributed by atoms with van der Waals surface area (Å²) < 4.78 is 4.85. The summed E-state index contributed by atoms with van der Waals surface area (Å²) in [5.74, 6) is -2.98. The van der Waals surface area contributed by atoms with E-state index in [0.717, 1.165) is 4.90 Å². The molecule has 8 nitrogen and oxygen atoms in total. The molecule has 0 radical (unpaired) electrons. The number of pyridine rings is 1. The molecule has 26 heavy (non-hydrogen) atoms. The van der Waals surface area contributed by atoms with E-state index < -0.39 is 36.9 Å². The van der Waals surface area contributed by atoms with Crippen LogP contribution in [0.3, 0.4) is 0 Å². The van der Waals surface area contributed by atoms with Gasteiger partial charge in [-0.3, -0.25) is 24.1 Å². The summed E-state index contributed by atoms with van der Waals surface area (Å²) >= 11 is 5.82. The lowest BCUT2D eigenvalue weighted by atomic mass is 9.85. The summed E-state index contributed by atoms with van der Waals surface area (Å²) in [4.78, 5) is 53.0. The molecule has 0 saturated carbocycles. The standard InChI is InChI=1S/C17H16ClN3O5/c18-15-12(6-3-7-19-15)20-13(22)9-26-14(23)8-21-16(24)10-4-1-2-5-11(10)17(21)25/h1-3,6-7,10-11H,4-5,8-9H2,(H,20,22)/t10-,11-/m1/s1. The molecule has 0 bridgehead atoms. The molecule has 1 fully saturated rings. The van der Waals surface area contributed by atoms with E-state index in [4.69, 9.17) is 16.3 Å². The number of hydrogen-bond donors (Lipinski definition) is 1. The Balaban J connectivity index is 1.50. The van der Waals surface area contributed by atoms with Crippen LogP contribution in [0.25, 0.3) is 0 Å². The minimum atomic E-state index is -0.828. The maximum Gasteiger partial charge on any atom is 0.326 e. The van der Waals surface area contributed by atoms with Crippen LogP contribution >= 0.6 is 11.6 Å². The molecule has 9 heteroatoms. The Morgan fingerprint density at radius 1 is 1.23 bits per heavy atom. The van der Waals surface area contributed by atoms with E-state index >= 15 is 0 Å². The van der Waals surface area contributed by atoms with E-state index in [1.54, 1.807) is 12.1 Å². The van der Waals surface area contributed by atoms with Crippen LogP contribution in [0.15, 0.2) is 30.5 Å². The highest BCUT2D eigenvalue weighted by Gasteiger charge is 2.47. The molecule has 1 aromatic heterocycles. The Morgan fingerprint density at radius 2 is 1.88 bits per heavy atom. The number of carbonyl (C=O) groups excluding carboxylic acids is 4. The minimum Gasteiger partial charge on any atom is -0.454 e.